The minimum absolute atomic E-state index is 0.0449. The molecule has 1 amide bonds. The van der Waals surface area contributed by atoms with Gasteiger partial charge in [-0.2, -0.15) is 0 Å². The number of nitrogens with one attached hydrogen (secondary N) is 1. The zero-order chi connectivity index (χ0) is 24.0. The molecule has 0 bridgehead atoms. The maximum atomic E-state index is 13.4. The Bertz CT molecular complexity index is 1210. The quantitative estimate of drug-likeness (QED) is 0.477. The molecular formula is C25H27FN2O4S. The molecule has 0 saturated carbocycles. The number of rotatable bonds is 9. The van der Waals surface area contributed by atoms with E-state index < -0.39 is 28.3 Å². The van der Waals surface area contributed by atoms with Crippen molar-refractivity contribution in [3.05, 3.63) is 89.2 Å². The molecule has 0 aromatic heterocycles. The van der Waals surface area contributed by atoms with Crippen LogP contribution in [0.3, 0.4) is 0 Å². The number of sulfonamides is 1. The summed E-state index contributed by atoms with van der Waals surface area (Å²) in [5, 5.41) is 2.69. The van der Waals surface area contributed by atoms with Crippen molar-refractivity contribution in [2.24, 2.45) is 0 Å². The van der Waals surface area contributed by atoms with E-state index in [1.807, 2.05) is 39.0 Å². The lowest BCUT2D eigenvalue weighted by Gasteiger charge is -2.24. The van der Waals surface area contributed by atoms with Gasteiger partial charge in [0, 0.05) is 0 Å². The van der Waals surface area contributed by atoms with Crippen LogP contribution in [0.1, 0.15) is 16.7 Å². The molecule has 0 saturated heterocycles. The molecule has 0 atom stereocenters. The van der Waals surface area contributed by atoms with Crippen molar-refractivity contribution in [3.63, 3.8) is 0 Å². The van der Waals surface area contributed by atoms with Gasteiger partial charge in [0.15, 0.2) is 0 Å². The largest absolute Gasteiger partial charge is 0.491 e. The molecule has 0 spiro atoms. The molecule has 0 aliphatic carbocycles. The van der Waals surface area contributed by atoms with Crippen molar-refractivity contribution in [2.75, 3.05) is 24.0 Å². The van der Waals surface area contributed by atoms with Gasteiger partial charge in [0.25, 0.3) is 10.0 Å². The van der Waals surface area contributed by atoms with E-state index >= 15 is 0 Å². The average molecular weight is 471 g/mol. The summed E-state index contributed by atoms with van der Waals surface area (Å²) in [4.78, 5) is 12.7. The van der Waals surface area contributed by atoms with Crippen LogP contribution in [0.15, 0.2) is 71.6 Å². The predicted molar refractivity (Wildman–Crippen MR) is 127 cm³/mol. The number of ether oxygens (including phenoxy) is 1. The van der Waals surface area contributed by atoms with E-state index in [2.05, 4.69) is 5.32 Å². The summed E-state index contributed by atoms with van der Waals surface area (Å²) >= 11 is 0. The van der Waals surface area contributed by atoms with Gasteiger partial charge in [-0.3, -0.25) is 9.10 Å². The second kappa shape index (κ2) is 10.5. The maximum Gasteiger partial charge on any atom is 0.264 e. The third-order valence-corrected chi connectivity index (χ3v) is 7.04. The minimum atomic E-state index is -4.04. The first-order valence-electron chi connectivity index (χ1n) is 10.5. The smallest absolute Gasteiger partial charge is 0.264 e. The normalized spacial score (nSPS) is 11.2. The number of aryl methyl sites for hydroxylation is 2. The van der Waals surface area contributed by atoms with Gasteiger partial charge in [-0.15, -0.1) is 0 Å². The third-order valence-electron chi connectivity index (χ3n) is 5.25. The molecular weight excluding hydrogens is 443 g/mol. The number of nitrogens with zero attached hydrogens (tertiary/aromatic N) is 1. The number of carbonyl (C=O) groups is 1. The minimum Gasteiger partial charge on any atom is -0.491 e. The van der Waals surface area contributed by atoms with Crippen LogP contribution in [0.2, 0.25) is 0 Å². The van der Waals surface area contributed by atoms with Crippen LogP contribution in [0.25, 0.3) is 0 Å². The van der Waals surface area contributed by atoms with E-state index in [1.54, 1.807) is 12.1 Å². The fourth-order valence-electron chi connectivity index (χ4n) is 3.18. The van der Waals surface area contributed by atoms with Crippen LogP contribution in [-0.2, 0) is 14.8 Å². The second-order valence-corrected chi connectivity index (χ2v) is 9.56. The zero-order valence-corrected chi connectivity index (χ0v) is 19.7. The monoisotopic (exact) mass is 470 g/mol. The zero-order valence-electron chi connectivity index (χ0n) is 18.8. The Morgan fingerprint density at radius 3 is 2.30 bits per heavy atom. The van der Waals surface area contributed by atoms with Gasteiger partial charge in [-0.1, -0.05) is 29.8 Å². The number of anilines is 1. The van der Waals surface area contributed by atoms with Gasteiger partial charge in [-0.25, -0.2) is 12.8 Å². The summed E-state index contributed by atoms with van der Waals surface area (Å²) in [5.41, 5.74) is 3.23. The number of halogens is 1. The van der Waals surface area contributed by atoms with Gasteiger partial charge >= 0.3 is 0 Å². The lowest BCUT2D eigenvalue weighted by atomic mass is 10.1. The Hall–Kier alpha value is -3.39. The Kier molecular flexibility index (Phi) is 7.71. The SMILES string of the molecule is Cc1ccc(S(=O)(=O)N(CC(=O)NCCOc2cccc(C)c2C)c2ccc(F)cc2)cc1. The highest BCUT2D eigenvalue weighted by Gasteiger charge is 2.27. The molecule has 0 aliphatic rings. The lowest BCUT2D eigenvalue weighted by molar-refractivity contribution is -0.119. The molecule has 174 valence electrons. The Balaban J connectivity index is 1.70. The summed E-state index contributed by atoms with van der Waals surface area (Å²) in [5.74, 6) is -0.266. The molecule has 0 aliphatic heterocycles. The molecule has 0 heterocycles. The van der Waals surface area contributed by atoms with Gasteiger partial charge < -0.3 is 10.1 Å². The molecule has 0 unspecified atom stereocenters. The van der Waals surface area contributed by atoms with Gasteiger partial charge in [0.05, 0.1) is 17.1 Å². The molecule has 3 aromatic carbocycles. The molecule has 0 fully saturated rings. The summed E-state index contributed by atoms with van der Waals surface area (Å²) in [6, 6.07) is 17.0. The van der Waals surface area contributed by atoms with Gasteiger partial charge in [-0.05, 0) is 74.4 Å². The van der Waals surface area contributed by atoms with Crippen molar-refractivity contribution >= 4 is 21.6 Å². The standard InChI is InChI=1S/C25H27FN2O4S/c1-18-7-13-23(14-8-18)33(30,31)28(22-11-9-21(26)10-12-22)17-25(29)27-15-16-32-24-6-4-5-19(2)20(24)3/h4-14H,15-17H2,1-3H3,(H,27,29). The van der Waals surface area contributed by atoms with Gasteiger partial charge in [0.2, 0.25) is 5.91 Å². The number of hydrogen-bond donors (Lipinski definition) is 1. The number of amides is 1. The van der Waals surface area contributed by atoms with Crippen molar-refractivity contribution in [1.82, 2.24) is 5.32 Å². The van der Waals surface area contributed by atoms with Crippen LogP contribution in [0, 0.1) is 26.6 Å². The summed E-state index contributed by atoms with van der Waals surface area (Å²) < 4.78 is 46.7. The van der Waals surface area contributed by atoms with Crippen molar-refractivity contribution in [3.8, 4) is 5.75 Å². The molecule has 1 N–H and O–H groups in total. The Morgan fingerprint density at radius 2 is 1.64 bits per heavy atom. The molecule has 8 heteroatoms. The van der Waals surface area contributed by atoms with Crippen LogP contribution < -0.4 is 14.4 Å². The number of carbonyl (C=O) groups excluding carboxylic acids is 1. The van der Waals surface area contributed by atoms with E-state index in [-0.39, 0.29) is 23.7 Å². The van der Waals surface area contributed by atoms with Crippen LogP contribution in [0.5, 0.6) is 5.75 Å². The lowest BCUT2D eigenvalue weighted by Crippen LogP contribution is -2.42. The molecule has 0 radical (unpaired) electrons. The summed E-state index contributed by atoms with van der Waals surface area (Å²) in [6.45, 7) is 5.78. The predicted octanol–water partition coefficient (Wildman–Crippen LogP) is 4.14. The fourth-order valence-corrected chi connectivity index (χ4v) is 4.60. The highest BCUT2D eigenvalue weighted by molar-refractivity contribution is 7.92. The van der Waals surface area contributed by atoms with E-state index in [0.29, 0.717) is 0 Å². The first-order chi connectivity index (χ1) is 15.7. The van der Waals surface area contributed by atoms with Gasteiger partial charge in [0.1, 0.15) is 24.7 Å². The molecule has 3 aromatic rings. The first-order valence-corrected chi connectivity index (χ1v) is 11.9. The average Bonchev–Trinajstić information content (AvgIpc) is 2.78. The maximum absolute atomic E-state index is 13.4. The van der Waals surface area contributed by atoms with Crippen LogP contribution in [-0.4, -0.2) is 34.0 Å². The summed E-state index contributed by atoms with van der Waals surface area (Å²) in [7, 11) is -4.04. The topological polar surface area (TPSA) is 75.7 Å². The fraction of sp³-hybridized carbons (Fsp3) is 0.240. The molecule has 33 heavy (non-hydrogen) atoms. The Morgan fingerprint density at radius 1 is 0.970 bits per heavy atom. The molecule has 6 nitrogen and oxygen atoms in total. The van der Waals surface area contributed by atoms with E-state index in [9.17, 15) is 17.6 Å². The summed E-state index contributed by atoms with van der Waals surface area (Å²) in [6.07, 6.45) is 0. The third kappa shape index (κ3) is 6.10. The molecule has 3 rings (SSSR count). The second-order valence-electron chi connectivity index (χ2n) is 7.70. The Labute approximate surface area is 194 Å². The van der Waals surface area contributed by atoms with E-state index in [1.165, 1.54) is 24.3 Å². The van der Waals surface area contributed by atoms with E-state index in [4.69, 9.17) is 4.74 Å². The van der Waals surface area contributed by atoms with Crippen LogP contribution in [0.4, 0.5) is 10.1 Å². The highest BCUT2D eigenvalue weighted by Crippen LogP contribution is 2.24. The number of benzene rings is 3. The number of hydrogen-bond acceptors (Lipinski definition) is 4. The van der Waals surface area contributed by atoms with Crippen molar-refractivity contribution in [1.29, 1.82) is 0 Å². The van der Waals surface area contributed by atoms with E-state index in [0.717, 1.165) is 38.9 Å². The van der Waals surface area contributed by atoms with Crippen molar-refractivity contribution < 1.29 is 22.3 Å². The highest BCUT2D eigenvalue weighted by atomic mass is 32.2. The van der Waals surface area contributed by atoms with Crippen molar-refractivity contribution in [2.45, 2.75) is 25.7 Å². The van der Waals surface area contributed by atoms with Crippen LogP contribution >= 0.6 is 0 Å². The first kappa shape index (κ1) is 24.3.